The van der Waals surface area contributed by atoms with Gasteiger partial charge in [-0.05, 0) is 29.6 Å². The Hall–Kier alpha value is -1.94. The first-order valence-corrected chi connectivity index (χ1v) is 5.63. The summed E-state index contributed by atoms with van der Waals surface area (Å²) in [5, 5.41) is 12.9. The standard InChI is InChI=1S/C12H7NO2S/c14-12(15)7-5-9-8-3-4-16-11(8)2-1-10(9)13-6-7/h1-6H,(H,14,15). The van der Waals surface area contributed by atoms with Crippen molar-refractivity contribution in [3.63, 3.8) is 0 Å². The Morgan fingerprint density at radius 1 is 1.25 bits per heavy atom. The number of fused-ring (bicyclic) bond motifs is 3. The minimum Gasteiger partial charge on any atom is -0.478 e. The molecule has 3 aromatic rings. The van der Waals surface area contributed by atoms with Gasteiger partial charge in [-0.2, -0.15) is 0 Å². The lowest BCUT2D eigenvalue weighted by Crippen LogP contribution is -1.96. The van der Waals surface area contributed by atoms with Gasteiger partial charge in [0.2, 0.25) is 0 Å². The van der Waals surface area contributed by atoms with E-state index in [-0.39, 0.29) is 5.56 Å². The normalized spacial score (nSPS) is 11.0. The summed E-state index contributed by atoms with van der Waals surface area (Å²) >= 11 is 1.64. The molecule has 0 bridgehead atoms. The molecular formula is C12H7NO2S. The largest absolute Gasteiger partial charge is 0.478 e. The van der Waals surface area contributed by atoms with Crippen molar-refractivity contribution in [1.29, 1.82) is 0 Å². The molecule has 3 rings (SSSR count). The minimum absolute atomic E-state index is 0.228. The van der Waals surface area contributed by atoms with Gasteiger partial charge in [0, 0.05) is 21.7 Å². The number of carbonyl (C=O) groups is 1. The van der Waals surface area contributed by atoms with Gasteiger partial charge in [0.15, 0.2) is 0 Å². The van der Waals surface area contributed by atoms with Crippen molar-refractivity contribution in [3.05, 3.63) is 41.4 Å². The summed E-state index contributed by atoms with van der Waals surface area (Å²) in [6.45, 7) is 0. The molecule has 0 aliphatic carbocycles. The zero-order valence-electron chi connectivity index (χ0n) is 8.18. The van der Waals surface area contributed by atoms with Crippen LogP contribution in [-0.2, 0) is 0 Å². The van der Waals surface area contributed by atoms with Crippen LogP contribution in [0.3, 0.4) is 0 Å². The molecule has 4 heteroatoms. The molecule has 1 N–H and O–H groups in total. The fourth-order valence-corrected chi connectivity index (χ4v) is 2.57. The van der Waals surface area contributed by atoms with Crippen molar-refractivity contribution in [2.45, 2.75) is 0 Å². The second kappa shape index (κ2) is 3.28. The van der Waals surface area contributed by atoms with Crippen molar-refractivity contribution in [1.82, 2.24) is 4.98 Å². The maximum absolute atomic E-state index is 10.9. The highest BCUT2D eigenvalue weighted by Gasteiger charge is 2.07. The second-order valence-electron chi connectivity index (χ2n) is 3.49. The molecule has 16 heavy (non-hydrogen) atoms. The van der Waals surface area contributed by atoms with Crippen LogP contribution in [0.25, 0.3) is 21.0 Å². The first kappa shape index (κ1) is 9.30. The van der Waals surface area contributed by atoms with E-state index in [0.717, 1.165) is 21.0 Å². The predicted molar refractivity (Wildman–Crippen MR) is 64.1 cm³/mol. The number of rotatable bonds is 1. The summed E-state index contributed by atoms with van der Waals surface area (Å²) in [5.41, 5.74) is 1.06. The number of pyridine rings is 1. The lowest BCUT2D eigenvalue weighted by molar-refractivity contribution is 0.0696. The number of carboxylic acid groups (broad SMARTS) is 1. The minimum atomic E-state index is -0.943. The molecular weight excluding hydrogens is 222 g/mol. The Bertz CT molecular complexity index is 702. The number of benzene rings is 1. The quantitative estimate of drug-likeness (QED) is 0.697. The van der Waals surface area contributed by atoms with Crippen molar-refractivity contribution < 1.29 is 9.90 Å². The van der Waals surface area contributed by atoms with Gasteiger partial charge in [-0.25, -0.2) is 4.79 Å². The van der Waals surface area contributed by atoms with E-state index in [9.17, 15) is 4.79 Å². The lowest BCUT2D eigenvalue weighted by Gasteiger charge is -2.00. The van der Waals surface area contributed by atoms with E-state index >= 15 is 0 Å². The number of hydrogen-bond acceptors (Lipinski definition) is 3. The Kier molecular flexibility index (Phi) is 1.91. The van der Waals surface area contributed by atoms with Gasteiger partial charge in [0.05, 0.1) is 11.1 Å². The molecule has 78 valence electrons. The van der Waals surface area contributed by atoms with Crippen LogP contribution >= 0.6 is 11.3 Å². The molecule has 0 spiro atoms. The summed E-state index contributed by atoms with van der Waals surface area (Å²) in [7, 11) is 0. The Morgan fingerprint density at radius 3 is 2.94 bits per heavy atom. The molecule has 2 heterocycles. The number of thiophene rings is 1. The summed E-state index contributed by atoms with van der Waals surface area (Å²) < 4.78 is 1.15. The average molecular weight is 229 g/mol. The van der Waals surface area contributed by atoms with Gasteiger partial charge in [-0.1, -0.05) is 0 Å². The molecule has 0 amide bonds. The molecule has 0 aliphatic rings. The molecule has 0 saturated heterocycles. The van der Waals surface area contributed by atoms with Gasteiger partial charge >= 0.3 is 5.97 Å². The third-order valence-electron chi connectivity index (χ3n) is 2.54. The van der Waals surface area contributed by atoms with E-state index in [4.69, 9.17) is 5.11 Å². The highest BCUT2D eigenvalue weighted by Crippen LogP contribution is 2.28. The van der Waals surface area contributed by atoms with Crippen molar-refractivity contribution in [2.24, 2.45) is 0 Å². The molecule has 3 nitrogen and oxygen atoms in total. The average Bonchev–Trinajstić information content (AvgIpc) is 2.76. The SMILES string of the molecule is O=C(O)c1cnc2ccc3sccc3c2c1. The summed E-state index contributed by atoms with van der Waals surface area (Å²) in [5.74, 6) is -0.943. The third-order valence-corrected chi connectivity index (χ3v) is 3.43. The Labute approximate surface area is 95.0 Å². The first-order chi connectivity index (χ1) is 7.75. The Morgan fingerprint density at radius 2 is 2.12 bits per heavy atom. The van der Waals surface area contributed by atoms with E-state index in [1.165, 1.54) is 6.20 Å². The van der Waals surface area contributed by atoms with Gasteiger partial charge in [-0.3, -0.25) is 4.98 Å². The van der Waals surface area contributed by atoms with Gasteiger partial charge < -0.3 is 5.11 Å². The molecule has 0 fully saturated rings. The van der Waals surface area contributed by atoms with Gasteiger partial charge in [-0.15, -0.1) is 11.3 Å². The molecule has 0 atom stereocenters. The molecule has 0 radical (unpaired) electrons. The predicted octanol–water partition coefficient (Wildman–Crippen LogP) is 3.15. The molecule has 0 aliphatic heterocycles. The molecule has 2 aromatic heterocycles. The van der Waals surface area contributed by atoms with Crippen molar-refractivity contribution >= 4 is 38.3 Å². The third kappa shape index (κ3) is 1.27. The van der Waals surface area contributed by atoms with E-state index in [1.807, 2.05) is 23.6 Å². The van der Waals surface area contributed by atoms with E-state index in [1.54, 1.807) is 17.4 Å². The lowest BCUT2D eigenvalue weighted by atomic mass is 10.1. The zero-order valence-corrected chi connectivity index (χ0v) is 8.99. The van der Waals surface area contributed by atoms with Crippen LogP contribution in [0.5, 0.6) is 0 Å². The maximum Gasteiger partial charge on any atom is 0.337 e. The van der Waals surface area contributed by atoms with Crippen LogP contribution in [0.4, 0.5) is 0 Å². The maximum atomic E-state index is 10.9. The topological polar surface area (TPSA) is 50.2 Å². The van der Waals surface area contributed by atoms with E-state index in [2.05, 4.69) is 4.98 Å². The Balaban J connectivity index is 2.46. The van der Waals surface area contributed by atoms with Crippen LogP contribution in [0.15, 0.2) is 35.8 Å². The number of aromatic carboxylic acids is 1. The number of carboxylic acids is 1. The number of aromatic nitrogens is 1. The summed E-state index contributed by atoms with van der Waals surface area (Å²) in [6, 6.07) is 7.60. The molecule has 1 aromatic carbocycles. The van der Waals surface area contributed by atoms with Crippen molar-refractivity contribution in [3.8, 4) is 0 Å². The van der Waals surface area contributed by atoms with Crippen LogP contribution in [0, 0.1) is 0 Å². The highest BCUT2D eigenvalue weighted by atomic mass is 32.1. The van der Waals surface area contributed by atoms with Crippen LogP contribution in [0.1, 0.15) is 10.4 Å². The summed E-state index contributed by atoms with van der Waals surface area (Å²) in [6.07, 6.45) is 1.39. The van der Waals surface area contributed by atoms with Crippen LogP contribution < -0.4 is 0 Å². The van der Waals surface area contributed by atoms with Crippen molar-refractivity contribution in [2.75, 3.05) is 0 Å². The van der Waals surface area contributed by atoms with Gasteiger partial charge in [0.1, 0.15) is 0 Å². The fourth-order valence-electron chi connectivity index (χ4n) is 1.77. The number of hydrogen-bond donors (Lipinski definition) is 1. The second-order valence-corrected chi connectivity index (χ2v) is 4.44. The van der Waals surface area contributed by atoms with E-state index in [0.29, 0.717) is 0 Å². The number of nitrogens with zero attached hydrogens (tertiary/aromatic N) is 1. The fraction of sp³-hybridized carbons (Fsp3) is 0. The monoisotopic (exact) mass is 229 g/mol. The smallest absolute Gasteiger partial charge is 0.337 e. The zero-order chi connectivity index (χ0) is 11.1. The van der Waals surface area contributed by atoms with E-state index < -0.39 is 5.97 Å². The highest BCUT2D eigenvalue weighted by molar-refractivity contribution is 7.17. The first-order valence-electron chi connectivity index (χ1n) is 4.75. The molecule has 0 saturated carbocycles. The molecule has 0 unspecified atom stereocenters. The van der Waals surface area contributed by atoms with Crippen LogP contribution in [0.2, 0.25) is 0 Å². The van der Waals surface area contributed by atoms with Crippen LogP contribution in [-0.4, -0.2) is 16.1 Å². The van der Waals surface area contributed by atoms with Gasteiger partial charge in [0.25, 0.3) is 0 Å². The summed E-state index contributed by atoms with van der Waals surface area (Å²) in [4.78, 5) is 15.0.